The van der Waals surface area contributed by atoms with Crippen LogP contribution in [0.2, 0.25) is 0 Å². The lowest BCUT2D eigenvalue weighted by Gasteiger charge is -2.27. The largest absolute Gasteiger partial charge is 0.379 e. The molecule has 9 heteroatoms. The highest BCUT2D eigenvalue weighted by Gasteiger charge is 2.14. The molecular formula is C21H24N4O5. The highest BCUT2D eigenvalue weighted by molar-refractivity contribution is 5.96. The molecule has 9 nitrogen and oxygen atoms in total. The summed E-state index contributed by atoms with van der Waals surface area (Å²) in [5, 5.41) is 16.1. The third kappa shape index (κ3) is 6.10. The number of nitro groups is 1. The zero-order chi connectivity index (χ0) is 21.3. The molecule has 1 heterocycles. The summed E-state index contributed by atoms with van der Waals surface area (Å²) in [5.74, 6) is -0.878. The number of hydrogen-bond donors (Lipinski definition) is 2. The van der Waals surface area contributed by atoms with Crippen LogP contribution in [-0.2, 0) is 22.6 Å². The molecule has 0 radical (unpaired) electrons. The summed E-state index contributed by atoms with van der Waals surface area (Å²) in [4.78, 5) is 36.9. The van der Waals surface area contributed by atoms with Crippen molar-refractivity contribution in [2.45, 2.75) is 13.1 Å². The van der Waals surface area contributed by atoms with Crippen LogP contribution in [0.25, 0.3) is 0 Å². The first kappa shape index (κ1) is 21.4. The maximum absolute atomic E-state index is 12.2. The molecule has 0 spiro atoms. The van der Waals surface area contributed by atoms with E-state index >= 15 is 0 Å². The van der Waals surface area contributed by atoms with E-state index in [-0.39, 0.29) is 23.7 Å². The van der Waals surface area contributed by atoms with Crippen LogP contribution in [0.1, 0.15) is 21.5 Å². The van der Waals surface area contributed by atoms with E-state index < -0.39 is 10.8 Å². The summed E-state index contributed by atoms with van der Waals surface area (Å²) in [6, 6.07) is 13.3. The van der Waals surface area contributed by atoms with Crippen molar-refractivity contribution >= 4 is 17.5 Å². The van der Waals surface area contributed by atoms with Crippen molar-refractivity contribution in [2.75, 3.05) is 32.8 Å². The second-order valence-electron chi connectivity index (χ2n) is 6.92. The fourth-order valence-corrected chi connectivity index (χ4v) is 3.16. The van der Waals surface area contributed by atoms with Gasteiger partial charge in [0.15, 0.2) is 0 Å². The van der Waals surface area contributed by atoms with Gasteiger partial charge in [0.1, 0.15) is 0 Å². The van der Waals surface area contributed by atoms with E-state index in [9.17, 15) is 19.7 Å². The minimum absolute atomic E-state index is 0.132. The summed E-state index contributed by atoms with van der Waals surface area (Å²) in [6.45, 7) is 4.14. The molecule has 2 aromatic rings. The van der Waals surface area contributed by atoms with E-state index in [4.69, 9.17) is 4.74 Å². The van der Waals surface area contributed by atoms with Gasteiger partial charge in [-0.15, -0.1) is 0 Å². The number of carbonyl (C=O) groups is 2. The van der Waals surface area contributed by atoms with Crippen molar-refractivity contribution in [1.82, 2.24) is 15.5 Å². The van der Waals surface area contributed by atoms with Crippen LogP contribution in [0.4, 0.5) is 5.69 Å². The third-order valence-corrected chi connectivity index (χ3v) is 4.82. The Morgan fingerprint density at radius 2 is 1.77 bits per heavy atom. The van der Waals surface area contributed by atoms with E-state index in [0.29, 0.717) is 6.54 Å². The average molecular weight is 412 g/mol. The average Bonchev–Trinajstić information content (AvgIpc) is 2.77. The maximum Gasteiger partial charge on any atom is 0.270 e. The van der Waals surface area contributed by atoms with E-state index in [1.807, 2.05) is 24.3 Å². The Bertz CT molecular complexity index is 912. The van der Waals surface area contributed by atoms with E-state index in [0.717, 1.165) is 44.0 Å². The van der Waals surface area contributed by atoms with Gasteiger partial charge in [-0.05, 0) is 17.2 Å². The number of morpholine rings is 1. The van der Waals surface area contributed by atoms with Crippen molar-refractivity contribution in [3.63, 3.8) is 0 Å². The normalized spacial score (nSPS) is 14.1. The lowest BCUT2D eigenvalue weighted by molar-refractivity contribution is -0.384. The van der Waals surface area contributed by atoms with Gasteiger partial charge < -0.3 is 15.4 Å². The van der Waals surface area contributed by atoms with Gasteiger partial charge in [0.2, 0.25) is 5.91 Å². The number of non-ortho nitro benzene ring substituents is 1. The van der Waals surface area contributed by atoms with Gasteiger partial charge in [-0.3, -0.25) is 24.6 Å². The Labute approximate surface area is 174 Å². The maximum atomic E-state index is 12.2. The van der Waals surface area contributed by atoms with E-state index in [2.05, 4.69) is 15.5 Å². The molecule has 1 fully saturated rings. The highest BCUT2D eigenvalue weighted by Crippen LogP contribution is 2.14. The zero-order valence-electron chi connectivity index (χ0n) is 16.5. The van der Waals surface area contributed by atoms with Crippen molar-refractivity contribution in [2.24, 2.45) is 0 Å². The second kappa shape index (κ2) is 10.5. The quantitative estimate of drug-likeness (QED) is 0.501. The smallest absolute Gasteiger partial charge is 0.270 e. The Balaban J connectivity index is 1.49. The number of amides is 2. The Morgan fingerprint density at radius 3 is 2.50 bits per heavy atom. The molecule has 3 rings (SSSR count). The van der Waals surface area contributed by atoms with Crippen molar-refractivity contribution in [3.8, 4) is 0 Å². The molecule has 158 valence electrons. The van der Waals surface area contributed by atoms with Gasteiger partial charge in [-0.25, -0.2) is 0 Å². The van der Waals surface area contributed by atoms with Crippen LogP contribution < -0.4 is 10.6 Å². The van der Waals surface area contributed by atoms with Gasteiger partial charge in [0.05, 0.1) is 24.7 Å². The lowest BCUT2D eigenvalue weighted by Crippen LogP contribution is -2.37. The van der Waals surface area contributed by atoms with E-state index in [1.165, 1.54) is 24.3 Å². The fraction of sp³-hybridized carbons (Fsp3) is 0.333. The number of nitrogens with one attached hydrogen (secondary N) is 2. The summed E-state index contributed by atoms with van der Waals surface area (Å²) in [7, 11) is 0. The summed E-state index contributed by atoms with van der Waals surface area (Å²) >= 11 is 0. The van der Waals surface area contributed by atoms with E-state index in [1.54, 1.807) is 0 Å². The minimum atomic E-state index is -0.572. The molecule has 0 atom stereocenters. The monoisotopic (exact) mass is 412 g/mol. The Hall–Kier alpha value is -3.30. The predicted octanol–water partition coefficient (Wildman–Crippen LogP) is 1.47. The molecule has 0 bridgehead atoms. The number of ether oxygens (including phenoxy) is 1. The predicted molar refractivity (Wildman–Crippen MR) is 110 cm³/mol. The molecule has 1 saturated heterocycles. The second-order valence-corrected chi connectivity index (χ2v) is 6.92. The molecule has 0 unspecified atom stereocenters. The molecule has 2 N–H and O–H groups in total. The van der Waals surface area contributed by atoms with Crippen LogP contribution in [0.15, 0.2) is 48.5 Å². The highest BCUT2D eigenvalue weighted by atomic mass is 16.6. The molecule has 0 aromatic heterocycles. The SMILES string of the molecule is O=C(CNC(=O)c1cccc([N+](=O)[O-])c1)NCc1ccccc1CN1CCOCC1. The first-order chi connectivity index (χ1) is 14.5. The number of rotatable bonds is 8. The van der Waals surface area contributed by atoms with Crippen LogP contribution in [0.3, 0.4) is 0 Å². The standard InChI is InChI=1S/C21H24N4O5/c26-20(14-23-21(27)16-6-3-7-19(12-16)25(28)29)22-13-17-4-1-2-5-18(17)15-24-8-10-30-11-9-24/h1-7,12H,8-11,13-15H2,(H,22,26)(H,23,27). The molecule has 0 saturated carbocycles. The number of nitro benzene ring substituents is 1. The Morgan fingerprint density at radius 1 is 1.03 bits per heavy atom. The summed E-state index contributed by atoms with van der Waals surface area (Å²) < 4.78 is 5.38. The molecular weight excluding hydrogens is 388 g/mol. The van der Waals surface area contributed by atoms with Crippen molar-refractivity contribution in [3.05, 3.63) is 75.3 Å². The van der Waals surface area contributed by atoms with Crippen molar-refractivity contribution in [1.29, 1.82) is 0 Å². The molecule has 0 aliphatic carbocycles. The summed E-state index contributed by atoms with van der Waals surface area (Å²) in [6.07, 6.45) is 0. The van der Waals surface area contributed by atoms with Gasteiger partial charge >= 0.3 is 0 Å². The van der Waals surface area contributed by atoms with Crippen LogP contribution in [0, 0.1) is 10.1 Å². The topological polar surface area (TPSA) is 114 Å². The van der Waals surface area contributed by atoms with Gasteiger partial charge in [-0.2, -0.15) is 0 Å². The third-order valence-electron chi connectivity index (χ3n) is 4.82. The first-order valence-corrected chi connectivity index (χ1v) is 9.69. The van der Waals surface area contributed by atoms with Crippen LogP contribution in [-0.4, -0.2) is 54.5 Å². The molecule has 1 aliphatic rings. The fourth-order valence-electron chi connectivity index (χ4n) is 3.16. The first-order valence-electron chi connectivity index (χ1n) is 9.69. The number of nitrogens with zero attached hydrogens (tertiary/aromatic N) is 2. The van der Waals surface area contributed by atoms with Crippen molar-refractivity contribution < 1.29 is 19.2 Å². The molecule has 30 heavy (non-hydrogen) atoms. The van der Waals surface area contributed by atoms with Gasteiger partial charge in [-0.1, -0.05) is 30.3 Å². The van der Waals surface area contributed by atoms with Crippen LogP contribution >= 0.6 is 0 Å². The summed E-state index contributed by atoms with van der Waals surface area (Å²) in [5.41, 5.74) is 2.11. The lowest BCUT2D eigenvalue weighted by atomic mass is 10.1. The van der Waals surface area contributed by atoms with Gasteiger partial charge in [0, 0.05) is 43.9 Å². The zero-order valence-corrected chi connectivity index (χ0v) is 16.5. The number of carbonyl (C=O) groups excluding carboxylic acids is 2. The molecule has 2 aromatic carbocycles. The molecule has 2 amide bonds. The van der Waals surface area contributed by atoms with Crippen LogP contribution in [0.5, 0.6) is 0 Å². The Kier molecular flexibility index (Phi) is 7.47. The number of hydrogen-bond acceptors (Lipinski definition) is 6. The minimum Gasteiger partial charge on any atom is -0.379 e. The number of benzene rings is 2. The molecule has 1 aliphatic heterocycles. The van der Waals surface area contributed by atoms with Gasteiger partial charge in [0.25, 0.3) is 11.6 Å².